The number of hydrogen-bond donors (Lipinski definition) is 2. The zero-order chi connectivity index (χ0) is 14.6. The topological polar surface area (TPSA) is 58.9 Å². The summed E-state index contributed by atoms with van der Waals surface area (Å²) in [6, 6.07) is 0. The van der Waals surface area contributed by atoms with E-state index in [9.17, 15) is 10.2 Å². The molecule has 2 N–H and O–H groups in total. The maximum Gasteiger partial charge on any atom is 0.164 e. The molecule has 0 aromatic carbocycles. The van der Waals surface area contributed by atoms with Crippen molar-refractivity contribution in [2.75, 3.05) is 6.61 Å². The number of allylic oxidation sites excluding steroid dienone is 1. The maximum absolute atomic E-state index is 10.4. The van der Waals surface area contributed by atoms with Crippen molar-refractivity contribution in [3.8, 4) is 0 Å². The average molecular weight is 272 g/mol. The van der Waals surface area contributed by atoms with Crippen molar-refractivity contribution in [1.82, 2.24) is 0 Å². The summed E-state index contributed by atoms with van der Waals surface area (Å²) in [5.41, 5.74) is 0. The predicted octanol–water partition coefficient (Wildman–Crippen LogP) is 2.10. The van der Waals surface area contributed by atoms with Crippen LogP contribution in [-0.2, 0) is 9.47 Å². The molecule has 1 saturated heterocycles. The summed E-state index contributed by atoms with van der Waals surface area (Å²) in [4.78, 5) is 0. The fourth-order valence-electron chi connectivity index (χ4n) is 2.31. The summed E-state index contributed by atoms with van der Waals surface area (Å²) in [6.07, 6.45) is 3.29. The van der Waals surface area contributed by atoms with Crippen molar-refractivity contribution in [2.45, 2.75) is 65.1 Å². The summed E-state index contributed by atoms with van der Waals surface area (Å²) in [7, 11) is 0. The van der Waals surface area contributed by atoms with E-state index in [-0.39, 0.29) is 18.6 Å². The first kappa shape index (κ1) is 16.6. The van der Waals surface area contributed by atoms with E-state index in [1.54, 1.807) is 0 Å². The molecule has 0 radical (unpaired) electrons. The molecule has 1 heterocycles. The summed E-state index contributed by atoms with van der Waals surface area (Å²) >= 11 is 0. The molecule has 0 amide bonds. The largest absolute Gasteiger partial charge is 0.396 e. The number of aliphatic hydroxyl groups excluding tert-OH is 2. The van der Waals surface area contributed by atoms with E-state index in [2.05, 4.69) is 19.9 Å². The first-order valence-electron chi connectivity index (χ1n) is 7.13. The Morgan fingerprint density at radius 2 is 1.89 bits per heavy atom. The molecular formula is C15H28O4. The maximum atomic E-state index is 10.4. The predicted molar refractivity (Wildman–Crippen MR) is 74.7 cm³/mol. The van der Waals surface area contributed by atoms with Gasteiger partial charge in [0.05, 0.1) is 6.10 Å². The van der Waals surface area contributed by atoms with Crippen LogP contribution in [-0.4, -0.2) is 40.9 Å². The van der Waals surface area contributed by atoms with Gasteiger partial charge in [0.1, 0.15) is 12.2 Å². The van der Waals surface area contributed by atoms with Crippen LogP contribution in [0.4, 0.5) is 0 Å². The van der Waals surface area contributed by atoms with E-state index in [1.807, 2.05) is 26.8 Å². The Morgan fingerprint density at radius 3 is 2.37 bits per heavy atom. The summed E-state index contributed by atoms with van der Waals surface area (Å²) in [6.45, 7) is 9.77. The van der Waals surface area contributed by atoms with E-state index in [0.29, 0.717) is 12.3 Å². The van der Waals surface area contributed by atoms with Crippen molar-refractivity contribution in [3.05, 3.63) is 12.2 Å². The minimum Gasteiger partial charge on any atom is -0.396 e. The molecular weight excluding hydrogens is 244 g/mol. The summed E-state index contributed by atoms with van der Waals surface area (Å²) in [5, 5.41) is 19.7. The molecule has 1 fully saturated rings. The molecule has 0 spiro atoms. The third-order valence-electron chi connectivity index (χ3n) is 3.43. The van der Waals surface area contributed by atoms with Crippen LogP contribution in [0.3, 0.4) is 0 Å². The number of rotatable bonds is 6. The van der Waals surface area contributed by atoms with E-state index >= 15 is 0 Å². The minimum absolute atomic E-state index is 0.0431. The lowest BCUT2D eigenvalue weighted by Crippen LogP contribution is -2.41. The van der Waals surface area contributed by atoms with Gasteiger partial charge in [-0.25, -0.2) is 0 Å². The molecule has 0 bridgehead atoms. The summed E-state index contributed by atoms with van der Waals surface area (Å²) in [5.74, 6) is -0.465. The fourth-order valence-corrected chi connectivity index (χ4v) is 2.31. The summed E-state index contributed by atoms with van der Waals surface area (Å²) < 4.78 is 11.6. The second-order valence-electron chi connectivity index (χ2n) is 6.04. The first-order valence-corrected chi connectivity index (χ1v) is 7.13. The Bertz CT molecular complexity index is 295. The zero-order valence-electron chi connectivity index (χ0n) is 12.7. The van der Waals surface area contributed by atoms with Gasteiger partial charge >= 0.3 is 0 Å². The Labute approximate surface area is 116 Å². The van der Waals surface area contributed by atoms with Crippen LogP contribution in [0.15, 0.2) is 12.2 Å². The first-order chi connectivity index (χ1) is 8.80. The molecule has 4 nitrogen and oxygen atoms in total. The molecule has 0 unspecified atom stereocenters. The lowest BCUT2D eigenvalue weighted by atomic mass is 9.93. The minimum atomic E-state index is -0.724. The highest BCUT2D eigenvalue weighted by molar-refractivity contribution is 5.02. The van der Waals surface area contributed by atoms with Gasteiger partial charge in [0.25, 0.3) is 0 Å². The Hall–Kier alpha value is -0.420. The van der Waals surface area contributed by atoms with E-state index in [1.165, 1.54) is 0 Å². The molecule has 0 aliphatic carbocycles. The highest BCUT2D eigenvalue weighted by Gasteiger charge is 2.45. The van der Waals surface area contributed by atoms with Crippen LogP contribution in [0.1, 0.15) is 41.0 Å². The number of hydrogen-bond acceptors (Lipinski definition) is 4. The lowest BCUT2D eigenvalue weighted by Gasteiger charge is -2.27. The normalized spacial score (nSPS) is 30.1. The van der Waals surface area contributed by atoms with Gasteiger partial charge in [-0.05, 0) is 26.2 Å². The average Bonchev–Trinajstić information content (AvgIpc) is 2.63. The Balaban J connectivity index is 2.82. The SMILES string of the molecule is CC[C@@H](CO)[C@H](O)[C@H]1OC(C)(C)O[C@@H]1/C=C/C(C)C. The van der Waals surface area contributed by atoms with Gasteiger partial charge in [-0.1, -0.05) is 32.9 Å². The van der Waals surface area contributed by atoms with Crippen LogP contribution < -0.4 is 0 Å². The van der Waals surface area contributed by atoms with Crippen molar-refractivity contribution in [3.63, 3.8) is 0 Å². The number of aliphatic hydroxyl groups is 2. The quantitative estimate of drug-likeness (QED) is 0.727. The lowest BCUT2D eigenvalue weighted by molar-refractivity contribution is -0.158. The van der Waals surface area contributed by atoms with E-state index < -0.39 is 18.0 Å². The van der Waals surface area contributed by atoms with Gasteiger partial charge in [-0.15, -0.1) is 0 Å². The standard InChI is InChI=1S/C15H28O4/c1-6-11(9-16)13(17)14-12(8-7-10(2)3)18-15(4,5)19-14/h7-8,10-14,16-17H,6,9H2,1-5H3/b8-7+/t11-,12+,13-,14-/m0/s1. The molecule has 0 aromatic rings. The Kier molecular flexibility index (Phi) is 5.99. The van der Waals surface area contributed by atoms with Gasteiger partial charge < -0.3 is 19.7 Å². The third-order valence-corrected chi connectivity index (χ3v) is 3.43. The molecule has 4 heteroatoms. The van der Waals surface area contributed by atoms with Gasteiger partial charge in [-0.2, -0.15) is 0 Å². The van der Waals surface area contributed by atoms with Crippen molar-refractivity contribution in [1.29, 1.82) is 0 Å². The zero-order valence-corrected chi connectivity index (χ0v) is 12.7. The second-order valence-corrected chi connectivity index (χ2v) is 6.04. The molecule has 112 valence electrons. The molecule has 19 heavy (non-hydrogen) atoms. The Morgan fingerprint density at radius 1 is 1.26 bits per heavy atom. The molecule has 1 aliphatic heterocycles. The van der Waals surface area contributed by atoms with Crippen LogP contribution >= 0.6 is 0 Å². The van der Waals surface area contributed by atoms with E-state index in [0.717, 1.165) is 0 Å². The molecule has 1 aliphatic rings. The fraction of sp³-hybridized carbons (Fsp3) is 0.867. The van der Waals surface area contributed by atoms with Crippen molar-refractivity contribution in [2.24, 2.45) is 11.8 Å². The third kappa shape index (κ3) is 4.56. The van der Waals surface area contributed by atoms with Crippen LogP contribution in [0.25, 0.3) is 0 Å². The van der Waals surface area contributed by atoms with Gasteiger partial charge in [0, 0.05) is 12.5 Å². The molecule has 4 atom stereocenters. The van der Waals surface area contributed by atoms with Crippen LogP contribution in [0.2, 0.25) is 0 Å². The molecule has 0 aromatic heterocycles. The van der Waals surface area contributed by atoms with Crippen LogP contribution in [0, 0.1) is 11.8 Å². The second kappa shape index (κ2) is 6.84. The van der Waals surface area contributed by atoms with E-state index in [4.69, 9.17) is 9.47 Å². The molecule has 0 saturated carbocycles. The van der Waals surface area contributed by atoms with Gasteiger partial charge in [0.2, 0.25) is 0 Å². The van der Waals surface area contributed by atoms with Gasteiger partial charge in [-0.3, -0.25) is 0 Å². The van der Waals surface area contributed by atoms with Crippen molar-refractivity contribution >= 4 is 0 Å². The monoisotopic (exact) mass is 272 g/mol. The highest BCUT2D eigenvalue weighted by atomic mass is 16.8. The highest BCUT2D eigenvalue weighted by Crippen LogP contribution is 2.33. The number of ether oxygens (including phenoxy) is 2. The van der Waals surface area contributed by atoms with Crippen molar-refractivity contribution < 1.29 is 19.7 Å². The van der Waals surface area contributed by atoms with Crippen LogP contribution in [0.5, 0.6) is 0 Å². The molecule has 1 rings (SSSR count). The smallest absolute Gasteiger partial charge is 0.164 e. The van der Waals surface area contributed by atoms with Gasteiger partial charge in [0.15, 0.2) is 5.79 Å².